The van der Waals surface area contributed by atoms with Crippen LogP contribution in [0, 0.1) is 5.92 Å². The third-order valence-corrected chi connectivity index (χ3v) is 3.47. The lowest BCUT2D eigenvalue weighted by Gasteiger charge is -2.19. The zero-order valence-corrected chi connectivity index (χ0v) is 10.6. The lowest BCUT2D eigenvalue weighted by Crippen LogP contribution is -2.39. The van der Waals surface area contributed by atoms with Crippen molar-refractivity contribution in [2.24, 2.45) is 5.92 Å². The van der Waals surface area contributed by atoms with E-state index in [1.165, 1.54) is 0 Å². The molecule has 0 aliphatic carbocycles. The average Bonchev–Trinajstić information content (AvgIpc) is 2.81. The van der Waals surface area contributed by atoms with Crippen molar-refractivity contribution in [1.29, 1.82) is 0 Å². The molecule has 0 saturated carbocycles. The van der Waals surface area contributed by atoms with Crippen LogP contribution in [0.15, 0.2) is 24.3 Å². The van der Waals surface area contributed by atoms with E-state index in [1.807, 2.05) is 6.07 Å². The molecule has 3 N–H and O–H groups in total. The van der Waals surface area contributed by atoms with Crippen LogP contribution >= 0.6 is 0 Å². The first-order valence-electron chi connectivity index (χ1n) is 6.43. The Morgan fingerprint density at radius 1 is 1.61 bits per heavy atom. The van der Waals surface area contributed by atoms with Crippen molar-refractivity contribution in [3.63, 3.8) is 0 Å². The van der Waals surface area contributed by atoms with Crippen molar-refractivity contribution < 1.29 is 9.90 Å². The van der Waals surface area contributed by atoms with Gasteiger partial charge in [-0.15, -0.1) is 0 Å². The van der Waals surface area contributed by atoms with Crippen molar-refractivity contribution in [2.45, 2.75) is 25.8 Å². The van der Waals surface area contributed by atoms with E-state index >= 15 is 0 Å². The van der Waals surface area contributed by atoms with Gasteiger partial charge in [0, 0.05) is 6.04 Å². The third-order valence-electron chi connectivity index (χ3n) is 3.47. The van der Waals surface area contributed by atoms with Crippen molar-refractivity contribution >= 4 is 5.91 Å². The molecular formula is C14H20N2O2. The lowest BCUT2D eigenvalue weighted by molar-refractivity contribution is -0.121. The summed E-state index contributed by atoms with van der Waals surface area (Å²) in [6.45, 7) is 4.07. The maximum absolute atomic E-state index is 11.9. The first-order chi connectivity index (χ1) is 8.65. The van der Waals surface area contributed by atoms with Crippen LogP contribution in [-0.4, -0.2) is 30.1 Å². The molecule has 4 nitrogen and oxygen atoms in total. The van der Waals surface area contributed by atoms with Gasteiger partial charge >= 0.3 is 0 Å². The van der Waals surface area contributed by atoms with Crippen LogP contribution in [0.3, 0.4) is 0 Å². The van der Waals surface area contributed by atoms with Crippen molar-refractivity contribution in [2.75, 3.05) is 13.1 Å². The predicted molar refractivity (Wildman–Crippen MR) is 70.4 cm³/mol. The predicted octanol–water partition coefficient (Wildman–Crippen LogP) is 1.05. The Labute approximate surface area is 107 Å². The van der Waals surface area contributed by atoms with Gasteiger partial charge in [-0.2, -0.15) is 0 Å². The highest BCUT2D eigenvalue weighted by Crippen LogP contribution is 2.14. The van der Waals surface area contributed by atoms with Gasteiger partial charge in [0.25, 0.3) is 0 Å². The van der Waals surface area contributed by atoms with Gasteiger partial charge in [0.1, 0.15) is 5.75 Å². The van der Waals surface area contributed by atoms with Crippen LogP contribution in [0.1, 0.15) is 18.9 Å². The summed E-state index contributed by atoms with van der Waals surface area (Å²) in [4.78, 5) is 11.9. The molecule has 1 heterocycles. The molecule has 1 aliphatic heterocycles. The van der Waals surface area contributed by atoms with E-state index in [2.05, 4.69) is 17.6 Å². The molecule has 0 aromatic heterocycles. The third kappa shape index (κ3) is 3.47. The van der Waals surface area contributed by atoms with E-state index in [0.717, 1.165) is 25.1 Å². The molecule has 2 rings (SSSR count). The Hall–Kier alpha value is -1.55. The fraction of sp³-hybridized carbons (Fsp3) is 0.500. The maximum Gasteiger partial charge on any atom is 0.224 e. The molecule has 0 radical (unpaired) electrons. The summed E-state index contributed by atoms with van der Waals surface area (Å²) in [6, 6.07) is 7.03. The van der Waals surface area contributed by atoms with E-state index in [9.17, 15) is 9.90 Å². The number of aromatic hydroxyl groups is 1. The summed E-state index contributed by atoms with van der Waals surface area (Å²) < 4.78 is 0. The Balaban J connectivity index is 1.84. The second kappa shape index (κ2) is 5.87. The molecular weight excluding hydrogens is 228 g/mol. The minimum absolute atomic E-state index is 0.0139. The quantitative estimate of drug-likeness (QED) is 0.746. The molecule has 1 fully saturated rings. The van der Waals surface area contributed by atoms with Gasteiger partial charge in [0.05, 0.1) is 6.42 Å². The fourth-order valence-corrected chi connectivity index (χ4v) is 2.38. The highest BCUT2D eigenvalue weighted by molar-refractivity contribution is 5.78. The normalized spacial score (nSPS) is 20.6. The molecule has 1 aromatic carbocycles. The number of hydrogen-bond donors (Lipinski definition) is 3. The number of benzene rings is 1. The maximum atomic E-state index is 11.9. The molecule has 1 saturated heterocycles. The van der Waals surface area contributed by atoms with Gasteiger partial charge in [0.2, 0.25) is 5.91 Å². The van der Waals surface area contributed by atoms with Gasteiger partial charge < -0.3 is 15.7 Å². The molecule has 1 amide bonds. The van der Waals surface area contributed by atoms with E-state index in [0.29, 0.717) is 12.3 Å². The molecule has 2 unspecified atom stereocenters. The minimum Gasteiger partial charge on any atom is -0.508 e. The standard InChI is InChI=1S/C14H20N2O2/c1-10(12-5-6-15-9-12)16-14(18)8-11-3-2-4-13(17)7-11/h2-4,7,10,12,15,17H,5-6,8-9H2,1H3,(H,16,18). The molecule has 18 heavy (non-hydrogen) atoms. The average molecular weight is 248 g/mol. The SMILES string of the molecule is CC(NC(=O)Cc1cccc(O)c1)C1CCNC1. The van der Waals surface area contributed by atoms with Crippen LogP contribution in [0.25, 0.3) is 0 Å². The van der Waals surface area contributed by atoms with Crippen molar-refractivity contribution in [3.8, 4) is 5.75 Å². The smallest absolute Gasteiger partial charge is 0.224 e. The molecule has 2 atom stereocenters. The highest BCUT2D eigenvalue weighted by Gasteiger charge is 2.22. The summed E-state index contributed by atoms with van der Waals surface area (Å²) in [6.07, 6.45) is 1.44. The van der Waals surface area contributed by atoms with Gasteiger partial charge in [-0.1, -0.05) is 12.1 Å². The summed E-state index contributed by atoms with van der Waals surface area (Å²) in [5.41, 5.74) is 0.837. The van der Waals surface area contributed by atoms with Gasteiger partial charge in [-0.25, -0.2) is 0 Å². The summed E-state index contributed by atoms with van der Waals surface area (Å²) in [5, 5.41) is 15.7. The highest BCUT2D eigenvalue weighted by atomic mass is 16.3. The van der Waals surface area contributed by atoms with Crippen LogP contribution < -0.4 is 10.6 Å². The molecule has 98 valence electrons. The van der Waals surface area contributed by atoms with Crippen molar-refractivity contribution in [1.82, 2.24) is 10.6 Å². The van der Waals surface area contributed by atoms with Crippen LogP contribution in [0.2, 0.25) is 0 Å². The van der Waals surface area contributed by atoms with Crippen LogP contribution in [0.5, 0.6) is 5.75 Å². The summed E-state index contributed by atoms with van der Waals surface area (Å²) >= 11 is 0. The number of phenols is 1. The topological polar surface area (TPSA) is 61.4 Å². The first kappa shape index (κ1) is 12.9. The fourth-order valence-electron chi connectivity index (χ4n) is 2.38. The Morgan fingerprint density at radius 2 is 2.44 bits per heavy atom. The first-order valence-corrected chi connectivity index (χ1v) is 6.43. The Morgan fingerprint density at radius 3 is 3.11 bits per heavy atom. The zero-order chi connectivity index (χ0) is 13.0. The minimum atomic E-state index is 0.0139. The van der Waals surface area contributed by atoms with Crippen LogP contribution in [-0.2, 0) is 11.2 Å². The summed E-state index contributed by atoms with van der Waals surface area (Å²) in [7, 11) is 0. The zero-order valence-electron chi connectivity index (χ0n) is 10.6. The number of phenolic OH excluding ortho intramolecular Hbond substituents is 1. The number of rotatable bonds is 4. The van der Waals surface area contributed by atoms with E-state index in [-0.39, 0.29) is 17.7 Å². The summed E-state index contributed by atoms with van der Waals surface area (Å²) in [5.74, 6) is 0.742. The number of carbonyl (C=O) groups excluding carboxylic acids is 1. The molecule has 0 spiro atoms. The number of carbonyl (C=O) groups is 1. The largest absolute Gasteiger partial charge is 0.508 e. The number of nitrogens with one attached hydrogen (secondary N) is 2. The number of hydrogen-bond acceptors (Lipinski definition) is 3. The van der Waals surface area contributed by atoms with Crippen LogP contribution in [0.4, 0.5) is 0 Å². The molecule has 1 aromatic rings. The van der Waals surface area contributed by atoms with Crippen molar-refractivity contribution in [3.05, 3.63) is 29.8 Å². The molecule has 4 heteroatoms. The molecule has 1 aliphatic rings. The van der Waals surface area contributed by atoms with E-state index in [4.69, 9.17) is 0 Å². The van der Waals surface area contributed by atoms with Gasteiger partial charge in [-0.3, -0.25) is 4.79 Å². The van der Waals surface area contributed by atoms with E-state index < -0.39 is 0 Å². The Bertz CT molecular complexity index is 414. The monoisotopic (exact) mass is 248 g/mol. The Kier molecular flexibility index (Phi) is 4.20. The van der Waals surface area contributed by atoms with Gasteiger partial charge in [0.15, 0.2) is 0 Å². The lowest BCUT2D eigenvalue weighted by atomic mass is 10.0. The van der Waals surface area contributed by atoms with Gasteiger partial charge in [-0.05, 0) is 50.0 Å². The van der Waals surface area contributed by atoms with E-state index in [1.54, 1.807) is 18.2 Å². The second-order valence-electron chi connectivity index (χ2n) is 4.96. The number of amides is 1. The molecule has 0 bridgehead atoms. The second-order valence-corrected chi connectivity index (χ2v) is 4.96.